The molecular weight excluding hydrogens is 236 g/mol. The first-order chi connectivity index (χ1) is 9.15. The number of amides is 1. The maximum atomic E-state index is 12.0. The van der Waals surface area contributed by atoms with Gasteiger partial charge in [-0.15, -0.1) is 0 Å². The van der Waals surface area contributed by atoms with Gasteiger partial charge in [-0.25, -0.2) is 0 Å². The molecule has 0 aromatic heterocycles. The Balaban J connectivity index is 1.77. The molecule has 1 fully saturated rings. The van der Waals surface area contributed by atoms with Gasteiger partial charge in [0.2, 0.25) is 5.91 Å². The molecule has 1 amide bonds. The van der Waals surface area contributed by atoms with Crippen molar-refractivity contribution in [3.63, 3.8) is 0 Å². The molecule has 3 nitrogen and oxygen atoms in total. The minimum absolute atomic E-state index is 0.118. The van der Waals surface area contributed by atoms with Gasteiger partial charge in [0.15, 0.2) is 0 Å². The number of carbonyl (C=O) groups excluding carboxylic acids is 1. The van der Waals surface area contributed by atoms with E-state index < -0.39 is 0 Å². The molecule has 0 radical (unpaired) electrons. The van der Waals surface area contributed by atoms with E-state index in [0.717, 1.165) is 36.8 Å². The van der Waals surface area contributed by atoms with Crippen LogP contribution in [0.25, 0.3) is 0 Å². The van der Waals surface area contributed by atoms with Crippen LogP contribution in [0, 0.1) is 12.8 Å². The predicted molar refractivity (Wildman–Crippen MR) is 79.3 cm³/mol. The van der Waals surface area contributed by atoms with Crippen LogP contribution in [0.3, 0.4) is 0 Å². The SMILES string of the molecule is Cc1ccccc1NC(=O)CCN1CCCC(C)C1. The second kappa shape index (κ2) is 6.71. The summed E-state index contributed by atoms with van der Waals surface area (Å²) in [4.78, 5) is 14.4. The summed E-state index contributed by atoms with van der Waals surface area (Å²) in [6.07, 6.45) is 3.17. The van der Waals surface area contributed by atoms with Crippen molar-refractivity contribution in [1.82, 2.24) is 4.90 Å². The first-order valence-corrected chi connectivity index (χ1v) is 7.23. The fraction of sp³-hybridized carbons (Fsp3) is 0.562. The van der Waals surface area contributed by atoms with E-state index >= 15 is 0 Å². The molecule has 104 valence electrons. The summed E-state index contributed by atoms with van der Waals surface area (Å²) < 4.78 is 0. The Hall–Kier alpha value is -1.35. The van der Waals surface area contributed by atoms with Crippen molar-refractivity contribution in [2.45, 2.75) is 33.1 Å². The number of nitrogens with zero attached hydrogens (tertiary/aromatic N) is 1. The van der Waals surface area contributed by atoms with E-state index in [1.807, 2.05) is 31.2 Å². The molecule has 0 aliphatic carbocycles. The summed E-state index contributed by atoms with van der Waals surface area (Å²) in [6.45, 7) is 7.46. The maximum Gasteiger partial charge on any atom is 0.225 e. The third-order valence-corrected chi connectivity index (χ3v) is 3.82. The zero-order chi connectivity index (χ0) is 13.7. The largest absolute Gasteiger partial charge is 0.326 e. The lowest BCUT2D eigenvalue weighted by Crippen LogP contribution is -2.36. The van der Waals surface area contributed by atoms with Crippen LogP contribution in [-0.2, 0) is 4.79 Å². The first-order valence-electron chi connectivity index (χ1n) is 7.23. The molecule has 1 unspecified atom stereocenters. The zero-order valence-corrected chi connectivity index (χ0v) is 12.0. The average Bonchev–Trinajstić information content (AvgIpc) is 2.39. The maximum absolute atomic E-state index is 12.0. The predicted octanol–water partition coefficient (Wildman–Crippen LogP) is 3.06. The molecule has 1 N–H and O–H groups in total. The molecule has 1 saturated heterocycles. The molecule has 3 heteroatoms. The number of benzene rings is 1. The highest BCUT2D eigenvalue weighted by Gasteiger charge is 2.16. The third-order valence-electron chi connectivity index (χ3n) is 3.82. The number of rotatable bonds is 4. The molecule has 19 heavy (non-hydrogen) atoms. The van der Waals surface area contributed by atoms with E-state index in [0.29, 0.717) is 6.42 Å². The van der Waals surface area contributed by atoms with E-state index in [9.17, 15) is 4.79 Å². The van der Waals surface area contributed by atoms with Gasteiger partial charge in [-0.1, -0.05) is 25.1 Å². The molecule has 1 atom stereocenters. The number of hydrogen-bond donors (Lipinski definition) is 1. The third kappa shape index (κ3) is 4.35. The van der Waals surface area contributed by atoms with Crippen molar-refractivity contribution in [3.8, 4) is 0 Å². The van der Waals surface area contributed by atoms with Gasteiger partial charge in [0, 0.05) is 25.2 Å². The minimum Gasteiger partial charge on any atom is -0.326 e. The second-order valence-corrected chi connectivity index (χ2v) is 5.66. The van der Waals surface area contributed by atoms with Crippen LogP contribution in [-0.4, -0.2) is 30.4 Å². The number of hydrogen-bond acceptors (Lipinski definition) is 2. The first kappa shape index (κ1) is 14.1. The zero-order valence-electron chi connectivity index (χ0n) is 12.0. The van der Waals surface area contributed by atoms with Crippen LogP contribution in [0.2, 0.25) is 0 Å². The Bertz CT molecular complexity index is 431. The summed E-state index contributed by atoms with van der Waals surface area (Å²) in [5.41, 5.74) is 2.04. The molecule has 0 bridgehead atoms. The summed E-state index contributed by atoms with van der Waals surface area (Å²) in [6, 6.07) is 7.91. The second-order valence-electron chi connectivity index (χ2n) is 5.66. The molecule has 1 heterocycles. The van der Waals surface area contributed by atoms with E-state index in [2.05, 4.69) is 17.1 Å². The highest BCUT2D eigenvalue weighted by Crippen LogP contribution is 2.16. The molecule has 2 rings (SSSR count). The number of anilines is 1. The van der Waals surface area contributed by atoms with Crippen LogP contribution in [0.1, 0.15) is 31.7 Å². The van der Waals surface area contributed by atoms with E-state index in [4.69, 9.17) is 0 Å². The topological polar surface area (TPSA) is 32.3 Å². The van der Waals surface area contributed by atoms with Gasteiger partial charge in [0.25, 0.3) is 0 Å². The Morgan fingerprint density at radius 1 is 1.42 bits per heavy atom. The number of likely N-dealkylation sites (tertiary alicyclic amines) is 1. The van der Waals surface area contributed by atoms with Gasteiger partial charge >= 0.3 is 0 Å². The quantitative estimate of drug-likeness (QED) is 0.902. The van der Waals surface area contributed by atoms with Crippen molar-refractivity contribution < 1.29 is 4.79 Å². The number of piperidine rings is 1. The number of para-hydroxylation sites is 1. The lowest BCUT2D eigenvalue weighted by molar-refractivity contribution is -0.116. The van der Waals surface area contributed by atoms with Crippen molar-refractivity contribution in [2.75, 3.05) is 25.0 Å². The Labute approximate surface area is 116 Å². The monoisotopic (exact) mass is 260 g/mol. The summed E-state index contributed by atoms with van der Waals surface area (Å²) in [5.74, 6) is 0.890. The standard InChI is InChI=1S/C16H24N2O/c1-13-6-5-10-18(12-13)11-9-16(19)17-15-8-4-3-7-14(15)2/h3-4,7-8,13H,5-6,9-12H2,1-2H3,(H,17,19). The molecular formula is C16H24N2O. The molecule has 0 spiro atoms. The van der Waals surface area contributed by atoms with Crippen molar-refractivity contribution in [3.05, 3.63) is 29.8 Å². The Morgan fingerprint density at radius 2 is 2.21 bits per heavy atom. The van der Waals surface area contributed by atoms with Crippen molar-refractivity contribution in [2.24, 2.45) is 5.92 Å². The van der Waals surface area contributed by atoms with Crippen LogP contribution in [0.15, 0.2) is 24.3 Å². The molecule has 1 aromatic carbocycles. The molecule has 1 aromatic rings. The van der Waals surface area contributed by atoms with Gasteiger partial charge in [0.1, 0.15) is 0 Å². The molecule has 1 aliphatic heterocycles. The fourth-order valence-corrected chi connectivity index (χ4v) is 2.68. The van der Waals surface area contributed by atoms with Gasteiger partial charge in [-0.3, -0.25) is 4.79 Å². The smallest absolute Gasteiger partial charge is 0.225 e. The van der Waals surface area contributed by atoms with E-state index in [-0.39, 0.29) is 5.91 Å². The lowest BCUT2D eigenvalue weighted by atomic mass is 10.0. The van der Waals surface area contributed by atoms with E-state index in [1.165, 1.54) is 12.8 Å². The number of aryl methyl sites for hydroxylation is 1. The van der Waals surface area contributed by atoms with Crippen LogP contribution in [0.4, 0.5) is 5.69 Å². The van der Waals surface area contributed by atoms with Gasteiger partial charge in [-0.05, 0) is 43.9 Å². The fourth-order valence-electron chi connectivity index (χ4n) is 2.68. The summed E-state index contributed by atoms with van der Waals surface area (Å²) in [7, 11) is 0. The van der Waals surface area contributed by atoms with Gasteiger partial charge in [-0.2, -0.15) is 0 Å². The van der Waals surface area contributed by atoms with Crippen molar-refractivity contribution in [1.29, 1.82) is 0 Å². The highest BCUT2D eigenvalue weighted by atomic mass is 16.1. The van der Waals surface area contributed by atoms with Gasteiger partial charge in [0.05, 0.1) is 0 Å². The van der Waals surface area contributed by atoms with Gasteiger partial charge < -0.3 is 10.2 Å². The number of carbonyl (C=O) groups is 1. The number of nitrogens with one attached hydrogen (secondary N) is 1. The summed E-state index contributed by atoms with van der Waals surface area (Å²) in [5, 5.41) is 3.00. The van der Waals surface area contributed by atoms with Crippen LogP contribution < -0.4 is 5.32 Å². The molecule has 0 saturated carbocycles. The Morgan fingerprint density at radius 3 is 2.95 bits per heavy atom. The van der Waals surface area contributed by atoms with Crippen molar-refractivity contribution >= 4 is 11.6 Å². The normalized spacial score (nSPS) is 20.2. The van der Waals surface area contributed by atoms with Crippen LogP contribution >= 0.6 is 0 Å². The lowest BCUT2D eigenvalue weighted by Gasteiger charge is -2.30. The summed E-state index contributed by atoms with van der Waals surface area (Å²) >= 11 is 0. The highest BCUT2D eigenvalue weighted by molar-refractivity contribution is 5.91. The van der Waals surface area contributed by atoms with Crippen LogP contribution in [0.5, 0.6) is 0 Å². The van der Waals surface area contributed by atoms with E-state index in [1.54, 1.807) is 0 Å². The molecule has 1 aliphatic rings. The average molecular weight is 260 g/mol. The Kier molecular flexibility index (Phi) is 4.97. The minimum atomic E-state index is 0.118.